The monoisotopic (exact) mass is 421 g/mol. The normalized spacial score (nSPS) is 10.7. The van der Waals surface area contributed by atoms with Gasteiger partial charge in [0.05, 0.1) is 5.56 Å². The molecule has 0 atom stereocenters. The number of aryl methyl sites for hydroxylation is 1. The topological polar surface area (TPSA) is 54.0 Å². The highest BCUT2D eigenvalue weighted by Gasteiger charge is 2.14. The molecule has 0 unspecified atom stereocenters. The summed E-state index contributed by atoms with van der Waals surface area (Å²) in [6, 6.07) is 20.4. The summed E-state index contributed by atoms with van der Waals surface area (Å²) in [5.41, 5.74) is 2.94. The third kappa shape index (κ3) is 4.19. The number of anilines is 3. The van der Waals surface area contributed by atoms with Crippen LogP contribution in [-0.4, -0.2) is 10.9 Å². The predicted octanol–water partition coefficient (Wildman–Crippen LogP) is 6.85. The molecule has 1 aromatic heterocycles. The predicted molar refractivity (Wildman–Crippen MR) is 121 cm³/mol. The van der Waals surface area contributed by atoms with Gasteiger partial charge < -0.3 is 10.6 Å². The number of nitrogens with zero attached hydrogens (tertiary/aromatic N) is 1. The van der Waals surface area contributed by atoms with Crippen LogP contribution < -0.4 is 10.6 Å². The lowest BCUT2D eigenvalue weighted by Gasteiger charge is -2.13. The highest BCUT2D eigenvalue weighted by Crippen LogP contribution is 2.29. The van der Waals surface area contributed by atoms with Crippen LogP contribution in [0.5, 0.6) is 0 Å². The molecule has 0 saturated heterocycles. The molecule has 4 rings (SSSR count). The average Bonchev–Trinajstić information content (AvgIpc) is 2.71. The van der Waals surface area contributed by atoms with Crippen LogP contribution in [0.15, 0.2) is 72.9 Å². The first-order valence-corrected chi connectivity index (χ1v) is 9.75. The van der Waals surface area contributed by atoms with Crippen LogP contribution in [0.4, 0.5) is 17.2 Å². The van der Waals surface area contributed by atoms with E-state index in [1.54, 1.807) is 30.5 Å². The zero-order valence-electron chi connectivity index (χ0n) is 15.5. The lowest BCUT2D eigenvalue weighted by Crippen LogP contribution is -2.13. The van der Waals surface area contributed by atoms with Crippen LogP contribution in [-0.2, 0) is 0 Å². The first-order valence-electron chi connectivity index (χ1n) is 8.99. The van der Waals surface area contributed by atoms with Crippen LogP contribution in [0.3, 0.4) is 0 Å². The maximum absolute atomic E-state index is 12.9. The number of fused-ring (bicyclic) bond motifs is 1. The number of amides is 1. The Morgan fingerprint density at radius 3 is 2.45 bits per heavy atom. The minimum atomic E-state index is -0.249. The first kappa shape index (κ1) is 19.2. The van der Waals surface area contributed by atoms with Gasteiger partial charge in [0.15, 0.2) is 0 Å². The lowest BCUT2D eigenvalue weighted by atomic mass is 10.1. The Bertz CT molecular complexity index is 1220. The van der Waals surface area contributed by atoms with Gasteiger partial charge in [0.25, 0.3) is 5.91 Å². The van der Waals surface area contributed by atoms with Crippen LogP contribution in [0.25, 0.3) is 10.8 Å². The van der Waals surface area contributed by atoms with Crippen LogP contribution in [0.2, 0.25) is 10.0 Å². The molecular weight excluding hydrogens is 405 g/mol. The molecule has 4 nitrogen and oxygen atoms in total. The average molecular weight is 422 g/mol. The van der Waals surface area contributed by atoms with Gasteiger partial charge in [-0.3, -0.25) is 4.79 Å². The quantitative estimate of drug-likeness (QED) is 0.378. The molecule has 2 N–H and O–H groups in total. The van der Waals surface area contributed by atoms with Crippen molar-refractivity contribution in [1.29, 1.82) is 0 Å². The van der Waals surface area contributed by atoms with E-state index in [-0.39, 0.29) is 5.91 Å². The van der Waals surface area contributed by atoms with Gasteiger partial charge in [-0.2, -0.15) is 0 Å². The molecular formula is C23H17Cl2N3O. The highest BCUT2D eigenvalue weighted by molar-refractivity contribution is 6.31. The maximum atomic E-state index is 12.9. The van der Waals surface area contributed by atoms with Crippen molar-refractivity contribution in [3.05, 3.63) is 94.1 Å². The number of nitrogens with one attached hydrogen (secondary N) is 2. The van der Waals surface area contributed by atoms with E-state index in [0.717, 1.165) is 22.0 Å². The minimum absolute atomic E-state index is 0.249. The largest absolute Gasteiger partial charge is 0.340 e. The van der Waals surface area contributed by atoms with Crippen molar-refractivity contribution in [1.82, 2.24) is 4.98 Å². The zero-order chi connectivity index (χ0) is 20.4. The number of aromatic nitrogens is 1. The molecule has 6 heteroatoms. The Morgan fingerprint density at radius 1 is 0.897 bits per heavy atom. The summed E-state index contributed by atoms with van der Waals surface area (Å²) in [5, 5.41) is 9.03. The van der Waals surface area contributed by atoms with Crippen LogP contribution in [0, 0.1) is 6.92 Å². The number of carbonyl (C=O) groups excluding carboxylic acids is 1. The van der Waals surface area contributed by atoms with Gasteiger partial charge in [-0.15, -0.1) is 0 Å². The fraction of sp³-hybridized carbons (Fsp3) is 0.0435. The van der Waals surface area contributed by atoms with E-state index in [1.165, 1.54) is 0 Å². The number of hydrogen-bond donors (Lipinski definition) is 2. The third-order valence-corrected chi connectivity index (χ3v) is 5.20. The summed E-state index contributed by atoms with van der Waals surface area (Å²) >= 11 is 12.2. The summed E-state index contributed by atoms with van der Waals surface area (Å²) in [4.78, 5) is 17.4. The number of carbonyl (C=O) groups is 1. The SMILES string of the molecule is Cc1ccc(Nc2ncc(C(=O)Nc3cccc(Cl)c3)c3ccccc23)cc1Cl. The Hall–Kier alpha value is -3.08. The number of halogens is 2. The second-order valence-electron chi connectivity index (χ2n) is 6.62. The van der Waals surface area contributed by atoms with Gasteiger partial charge in [-0.05, 0) is 48.2 Å². The molecule has 0 aliphatic heterocycles. The van der Waals surface area contributed by atoms with Crippen molar-refractivity contribution >= 4 is 57.1 Å². The lowest BCUT2D eigenvalue weighted by molar-refractivity contribution is 0.102. The number of rotatable bonds is 4. The van der Waals surface area contributed by atoms with Gasteiger partial charge >= 0.3 is 0 Å². The van der Waals surface area contributed by atoms with Gasteiger partial charge in [0.2, 0.25) is 0 Å². The van der Waals surface area contributed by atoms with E-state index < -0.39 is 0 Å². The third-order valence-electron chi connectivity index (χ3n) is 4.56. The van der Waals surface area contributed by atoms with Crippen LogP contribution >= 0.6 is 23.2 Å². The summed E-state index contributed by atoms with van der Waals surface area (Å²) < 4.78 is 0. The zero-order valence-corrected chi connectivity index (χ0v) is 17.1. The van der Waals surface area contributed by atoms with E-state index >= 15 is 0 Å². The van der Waals surface area contributed by atoms with Crippen molar-refractivity contribution in [2.75, 3.05) is 10.6 Å². The number of benzene rings is 3. The number of hydrogen-bond acceptors (Lipinski definition) is 3. The fourth-order valence-electron chi connectivity index (χ4n) is 3.05. The van der Waals surface area contributed by atoms with E-state index in [2.05, 4.69) is 15.6 Å². The molecule has 3 aromatic carbocycles. The molecule has 29 heavy (non-hydrogen) atoms. The van der Waals surface area contributed by atoms with Gasteiger partial charge in [0, 0.05) is 33.0 Å². The van der Waals surface area contributed by atoms with Gasteiger partial charge in [-0.1, -0.05) is 59.6 Å². The van der Waals surface area contributed by atoms with Crippen molar-refractivity contribution in [2.45, 2.75) is 6.92 Å². The highest BCUT2D eigenvalue weighted by atomic mass is 35.5. The van der Waals surface area contributed by atoms with E-state index in [4.69, 9.17) is 23.2 Å². The Labute approximate surface area is 178 Å². The van der Waals surface area contributed by atoms with Crippen molar-refractivity contribution in [2.24, 2.45) is 0 Å². The van der Waals surface area contributed by atoms with Crippen molar-refractivity contribution < 1.29 is 4.79 Å². The molecule has 1 amide bonds. The Balaban J connectivity index is 1.69. The molecule has 144 valence electrons. The molecule has 0 saturated carbocycles. The van der Waals surface area contributed by atoms with E-state index in [9.17, 15) is 4.79 Å². The standard InChI is InChI=1S/C23H17Cl2N3O/c1-14-9-10-17(12-21(14)25)27-22-19-8-3-2-7-18(19)20(13-26-22)23(29)28-16-6-4-5-15(24)11-16/h2-13H,1H3,(H,26,27)(H,28,29). The van der Waals surface area contributed by atoms with Gasteiger partial charge in [0.1, 0.15) is 5.82 Å². The van der Waals surface area contributed by atoms with Crippen molar-refractivity contribution in [3.63, 3.8) is 0 Å². The Morgan fingerprint density at radius 2 is 1.69 bits per heavy atom. The summed E-state index contributed by atoms with van der Waals surface area (Å²) in [6.07, 6.45) is 1.57. The molecule has 0 fully saturated rings. The smallest absolute Gasteiger partial charge is 0.257 e. The van der Waals surface area contributed by atoms with Gasteiger partial charge in [-0.25, -0.2) is 4.98 Å². The fourth-order valence-corrected chi connectivity index (χ4v) is 3.42. The van der Waals surface area contributed by atoms with Crippen molar-refractivity contribution in [3.8, 4) is 0 Å². The maximum Gasteiger partial charge on any atom is 0.257 e. The first-order chi connectivity index (χ1) is 14.0. The van der Waals surface area contributed by atoms with Crippen LogP contribution in [0.1, 0.15) is 15.9 Å². The Kier molecular flexibility index (Phi) is 5.38. The molecule has 0 aliphatic rings. The van der Waals surface area contributed by atoms with E-state index in [0.29, 0.717) is 27.1 Å². The molecule has 1 heterocycles. The summed E-state index contributed by atoms with van der Waals surface area (Å²) in [7, 11) is 0. The summed E-state index contributed by atoms with van der Waals surface area (Å²) in [5.74, 6) is 0.403. The summed E-state index contributed by atoms with van der Waals surface area (Å²) in [6.45, 7) is 1.95. The second kappa shape index (κ2) is 8.11. The molecule has 0 bridgehead atoms. The molecule has 0 spiro atoms. The molecule has 0 aliphatic carbocycles. The second-order valence-corrected chi connectivity index (χ2v) is 7.46. The molecule has 0 radical (unpaired) electrons. The number of pyridine rings is 1. The van der Waals surface area contributed by atoms with E-state index in [1.807, 2.05) is 49.4 Å². The molecule has 4 aromatic rings. The minimum Gasteiger partial charge on any atom is -0.340 e.